The van der Waals surface area contributed by atoms with Crippen LogP contribution in [0.4, 0.5) is 4.79 Å². The monoisotopic (exact) mass is 545 g/mol. The number of piperidine rings is 1. The van der Waals surface area contributed by atoms with Crippen LogP contribution in [0.2, 0.25) is 0 Å². The van der Waals surface area contributed by atoms with E-state index in [1.54, 1.807) is 4.90 Å². The van der Waals surface area contributed by atoms with Crippen LogP contribution in [0.15, 0.2) is 29.3 Å². The molecule has 8 nitrogen and oxygen atoms in total. The molecule has 2 aliphatic heterocycles. The zero-order chi connectivity index (χ0) is 21.3. The fraction of sp³-hybridized carbons (Fsp3) is 0.636. The molecule has 2 heterocycles. The van der Waals surface area contributed by atoms with Gasteiger partial charge < -0.3 is 25.4 Å². The minimum Gasteiger partial charge on any atom is -0.450 e. The second kappa shape index (κ2) is 13.1. The number of benzene rings is 1. The summed E-state index contributed by atoms with van der Waals surface area (Å²) in [5.41, 5.74) is 8.73. The van der Waals surface area contributed by atoms with E-state index < -0.39 is 0 Å². The Hall–Kier alpha value is -1.59. The molecule has 0 radical (unpaired) electrons. The van der Waals surface area contributed by atoms with E-state index in [0.29, 0.717) is 32.2 Å². The number of aliphatic imine (C=N–C) groups is 1. The molecule has 0 aliphatic carbocycles. The predicted octanol–water partition coefficient (Wildman–Crippen LogP) is 2.51. The first kappa shape index (κ1) is 25.7. The normalized spacial score (nSPS) is 19.4. The molecule has 3 rings (SSSR count). The molecule has 1 aromatic carbocycles. The minimum atomic E-state index is -0.232. The van der Waals surface area contributed by atoms with Gasteiger partial charge in [-0.1, -0.05) is 29.8 Å². The predicted molar refractivity (Wildman–Crippen MR) is 133 cm³/mol. The van der Waals surface area contributed by atoms with Crippen molar-refractivity contribution >= 4 is 36.0 Å². The lowest BCUT2D eigenvalue weighted by Crippen LogP contribution is -2.48. The highest BCUT2D eigenvalue weighted by Crippen LogP contribution is 2.23. The van der Waals surface area contributed by atoms with E-state index in [2.05, 4.69) is 46.4 Å². The Balaban J connectivity index is 0.00000341. The smallest absolute Gasteiger partial charge is 0.409 e. The fourth-order valence-corrected chi connectivity index (χ4v) is 4.06. The van der Waals surface area contributed by atoms with Gasteiger partial charge in [0.15, 0.2) is 5.96 Å². The van der Waals surface area contributed by atoms with Crippen molar-refractivity contribution in [3.63, 3.8) is 0 Å². The van der Waals surface area contributed by atoms with Gasteiger partial charge in [-0.2, -0.15) is 0 Å². The van der Waals surface area contributed by atoms with Gasteiger partial charge in [-0.15, -0.1) is 24.0 Å². The number of likely N-dealkylation sites (tertiary alicyclic amines) is 1. The summed E-state index contributed by atoms with van der Waals surface area (Å²) in [7, 11) is 0. The summed E-state index contributed by atoms with van der Waals surface area (Å²) in [4.78, 5) is 20.7. The Bertz CT molecular complexity index is 719. The number of hydrogen-bond acceptors (Lipinski definition) is 5. The number of hydrogen-bond donors (Lipinski definition) is 2. The molecule has 0 aromatic heterocycles. The Morgan fingerprint density at radius 2 is 2.00 bits per heavy atom. The van der Waals surface area contributed by atoms with E-state index in [-0.39, 0.29) is 42.2 Å². The minimum absolute atomic E-state index is 0. The summed E-state index contributed by atoms with van der Waals surface area (Å²) in [6.07, 6.45) is 1.43. The summed E-state index contributed by atoms with van der Waals surface area (Å²) >= 11 is 0. The van der Waals surface area contributed by atoms with Gasteiger partial charge in [0.2, 0.25) is 0 Å². The van der Waals surface area contributed by atoms with Gasteiger partial charge in [0, 0.05) is 32.2 Å². The Morgan fingerprint density at radius 3 is 2.65 bits per heavy atom. The van der Waals surface area contributed by atoms with Crippen LogP contribution >= 0.6 is 24.0 Å². The SMILES string of the molecule is CCOC(=O)N1CCC(NC(N)=NCC(c2cccc(C)c2)N2CCOCC2)CC1.I. The standard InChI is InChI=1S/C22H35N5O3.HI/c1-3-30-22(28)27-9-7-19(8-10-27)25-21(23)24-16-20(26-11-13-29-14-12-26)18-6-4-5-17(2)15-18;/h4-6,15,19-20H,3,7-14,16H2,1-2H3,(H3,23,24,25);1H. The summed E-state index contributed by atoms with van der Waals surface area (Å²) in [6, 6.07) is 9.00. The Morgan fingerprint density at radius 1 is 1.29 bits per heavy atom. The van der Waals surface area contributed by atoms with Gasteiger partial charge in [0.05, 0.1) is 32.4 Å². The number of carbonyl (C=O) groups excluding carboxylic acids is 1. The lowest BCUT2D eigenvalue weighted by atomic mass is 10.0. The number of rotatable bonds is 6. The molecular formula is C22H36IN5O3. The fourth-order valence-electron chi connectivity index (χ4n) is 4.06. The number of nitrogens with one attached hydrogen (secondary N) is 1. The number of ether oxygens (including phenoxy) is 2. The maximum absolute atomic E-state index is 11.8. The average Bonchev–Trinajstić information content (AvgIpc) is 2.75. The van der Waals surface area contributed by atoms with Crippen molar-refractivity contribution in [1.82, 2.24) is 15.1 Å². The first-order valence-corrected chi connectivity index (χ1v) is 10.9. The molecule has 1 amide bonds. The Labute approximate surface area is 202 Å². The van der Waals surface area contributed by atoms with Crippen molar-refractivity contribution < 1.29 is 14.3 Å². The van der Waals surface area contributed by atoms with Gasteiger partial charge in [-0.3, -0.25) is 9.89 Å². The molecule has 2 saturated heterocycles. The van der Waals surface area contributed by atoms with Crippen LogP contribution in [0.3, 0.4) is 0 Å². The molecule has 2 aliphatic rings. The van der Waals surface area contributed by atoms with E-state index in [1.807, 2.05) is 6.92 Å². The van der Waals surface area contributed by atoms with E-state index in [0.717, 1.165) is 39.1 Å². The first-order chi connectivity index (χ1) is 14.6. The lowest BCUT2D eigenvalue weighted by Gasteiger charge is -2.34. The number of nitrogens with zero attached hydrogens (tertiary/aromatic N) is 3. The number of morpholine rings is 1. The van der Waals surface area contributed by atoms with Gasteiger partial charge in [-0.25, -0.2) is 4.79 Å². The van der Waals surface area contributed by atoms with Crippen molar-refractivity contribution in [2.24, 2.45) is 10.7 Å². The maximum atomic E-state index is 11.8. The van der Waals surface area contributed by atoms with Crippen LogP contribution in [-0.4, -0.2) is 80.4 Å². The van der Waals surface area contributed by atoms with Crippen LogP contribution in [-0.2, 0) is 9.47 Å². The molecule has 2 fully saturated rings. The molecule has 0 bridgehead atoms. The van der Waals surface area contributed by atoms with E-state index >= 15 is 0 Å². The third-order valence-electron chi connectivity index (χ3n) is 5.72. The molecule has 3 N–H and O–H groups in total. The highest BCUT2D eigenvalue weighted by atomic mass is 127. The molecule has 31 heavy (non-hydrogen) atoms. The number of guanidine groups is 1. The number of carbonyl (C=O) groups is 1. The summed E-state index contributed by atoms with van der Waals surface area (Å²) in [5.74, 6) is 0.468. The van der Waals surface area contributed by atoms with Gasteiger partial charge >= 0.3 is 6.09 Å². The van der Waals surface area contributed by atoms with E-state index in [9.17, 15) is 4.79 Å². The zero-order valence-corrected chi connectivity index (χ0v) is 20.9. The van der Waals surface area contributed by atoms with Crippen molar-refractivity contribution in [2.75, 3.05) is 52.5 Å². The van der Waals surface area contributed by atoms with Gasteiger partial charge in [0.25, 0.3) is 0 Å². The van der Waals surface area contributed by atoms with Crippen LogP contribution in [0.25, 0.3) is 0 Å². The summed E-state index contributed by atoms with van der Waals surface area (Å²) in [5, 5.41) is 3.34. The molecule has 1 atom stereocenters. The topological polar surface area (TPSA) is 92.4 Å². The van der Waals surface area contributed by atoms with Crippen molar-refractivity contribution in [3.8, 4) is 0 Å². The molecule has 1 unspecified atom stereocenters. The molecular weight excluding hydrogens is 509 g/mol. The average molecular weight is 545 g/mol. The Kier molecular flexibility index (Phi) is 10.8. The van der Waals surface area contributed by atoms with E-state index in [4.69, 9.17) is 15.2 Å². The molecule has 1 aromatic rings. The molecule has 0 saturated carbocycles. The molecule has 174 valence electrons. The van der Waals surface area contributed by atoms with Crippen molar-refractivity contribution in [2.45, 2.75) is 38.8 Å². The van der Waals surface area contributed by atoms with E-state index in [1.165, 1.54) is 11.1 Å². The van der Waals surface area contributed by atoms with Crippen molar-refractivity contribution in [3.05, 3.63) is 35.4 Å². The van der Waals surface area contributed by atoms with Crippen LogP contribution in [0.5, 0.6) is 0 Å². The number of nitrogens with two attached hydrogens (primary N) is 1. The first-order valence-electron chi connectivity index (χ1n) is 10.9. The van der Waals surface area contributed by atoms with Crippen LogP contribution in [0.1, 0.15) is 36.9 Å². The third-order valence-corrected chi connectivity index (χ3v) is 5.72. The largest absolute Gasteiger partial charge is 0.450 e. The summed E-state index contributed by atoms with van der Waals surface area (Å²) in [6.45, 7) is 9.57. The maximum Gasteiger partial charge on any atom is 0.409 e. The highest BCUT2D eigenvalue weighted by Gasteiger charge is 2.25. The van der Waals surface area contributed by atoms with Crippen LogP contribution in [0, 0.1) is 6.92 Å². The number of amides is 1. The second-order valence-electron chi connectivity index (χ2n) is 7.91. The quantitative estimate of drug-likeness (QED) is 0.325. The summed E-state index contributed by atoms with van der Waals surface area (Å²) < 4.78 is 10.6. The molecule has 9 heteroatoms. The van der Waals surface area contributed by atoms with Crippen molar-refractivity contribution in [1.29, 1.82) is 0 Å². The zero-order valence-electron chi connectivity index (χ0n) is 18.6. The third kappa shape index (κ3) is 7.80. The molecule has 0 spiro atoms. The van der Waals surface area contributed by atoms with Crippen LogP contribution < -0.4 is 11.1 Å². The highest BCUT2D eigenvalue weighted by molar-refractivity contribution is 14.0. The number of halogens is 1. The lowest BCUT2D eigenvalue weighted by molar-refractivity contribution is 0.0179. The number of aryl methyl sites for hydroxylation is 1. The second-order valence-corrected chi connectivity index (χ2v) is 7.91. The van der Waals surface area contributed by atoms with Gasteiger partial charge in [-0.05, 0) is 32.3 Å². The van der Waals surface area contributed by atoms with Gasteiger partial charge in [0.1, 0.15) is 0 Å².